The van der Waals surface area contributed by atoms with E-state index in [1.165, 1.54) is 60.0 Å². The van der Waals surface area contributed by atoms with Crippen molar-refractivity contribution in [3.8, 4) is 23.0 Å². The van der Waals surface area contributed by atoms with Crippen LogP contribution in [-0.4, -0.2) is 249 Å². The number of likely N-dealkylation sites (tertiary alicyclic amines) is 4. The van der Waals surface area contributed by atoms with Gasteiger partial charge in [0.2, 0.25) is 59.1 Å². The van der Waals surface area contributed by atoms with Crippen LogP contribution in [0.5, 0.6) is 23.0 Å². The van der Waals surface area contributed by atoms with Gasteiger partial charge in [0, 0.05) is 92.8 Å². The SMILES string of the molecule is C[C@H](NC(=O)[C@@H](NC(=O)[C@@H]1CCCN1C(=O)[C@H](CCC(=O)O)NC(=O)[C@@H]1CCCN1C(=O)CCCCNC(=S)Nc1ccc2c(c1)C1(OC2=O)c2ccc(O)cc2Oc2cc(O)ccc21)[C@@H](C)O)C(=O)N1CCCCC1C(=O)N1C[C@H](O/N=C\c2ccc(CO)o2)C[C@H]1C(=O)N[C@@H](CCC(=O)O)C(=O)N[C@@H](CCC(=O)O)C(N)=O. The number of aliphatic hydroxyl groups is 2. The van der Waals surface area contributed by atoms with Crippen LogP contribution in [0.3, 0.4) is 0 Å². The number of piperidine rings is 1. The Labute approximate surface area is 656 Å². The second-order valence-corrected chi connectivity index (χ2v) is 29.0. The van der Waals surface area contributed by atoms with Crippen molar-refractivity contribution in [2.24, 2.45) is 10.9 Å². The van der Waals surface area contributed by atoms with E-state index in [9.17, 15) is 103 Å². The van der Waals surface area contributed by atoms with Crippen molar-refractivity contribution in [3.05, 3.63) is 101 Å². The molecule has 612 valence electrons. The third-order valence-corrected chi connectivity index (χ3v) is 20.9. The van der Waals surface area contributed by atoms with Crippen molar-refractivity contribution < 1.29 is 122 Å². The highest BCUT2D eigenvalue weighted by Crippen LogP contribution is 2.57. The van der Waals surface area contributed by atoms with Gasteiger partial charge in [0.15, 0.2) is 10.7 Å². The number of phenolic OH excluding ortho intramolecular Hbond substituents is 2. The van der Waals surface area contributed by atoms with Gasteiger partial charge < -0.3 is 117 Å². The number of fused-ring (bicyclic) bond motifs is 6. The van der Waals surface area contributed by atoms with Gasteiger partial charge in [0.1, 0.15) is 108 Å². The van der Waals surface area contributed by atoms with Gasteiger partial charge in [-0.05, 0) is 158 Å². The normalized spacial score (nSPS) is 20.1. The number of benzene rings is 3. The quantitative estimate of drug-likeness (QED) is 0.00995. The standard InChI is InChI=1S/C75H91N13O25S/c1-38(70(106)87-28-6-4-9-55(87)72(108)88-36-45(113-78-35-43-16-17-44(37-89)110-43)34-56(88)68(104)82-51(22-25-61(96)97)65(101)81-50(64(76)100)21-24-60(94)95)79-69(105)63(39(2)90)84-67(103)54-11-8-30-86(54)71(107)52(23-26-62(98)99)83-66(102)53-10-7-29-85(53)59(93)12-3-5-27-77-74(114)80-40-13-18-46-49(31-40)75(112-73(46)109)47-19-14-41(91)32-57(47)111-58-33-42(92)15-20-48(58)75/h13-20,31-33,35,38-39,45,50-56,63,89-92H,3-12,21-30,34,36-37H2,1-2H3,(H2,76,100)(H,79,105)(H,81,101)(H,82,104)(H,83,102)(H,84,103)(H,94,95)(H,96,97)(H,98,99)(H2,77,80,114)/b78-35-/t38-,39+,45+,50-,51-,52-,53-,54-,55?,56-,63-/m0/s1. The molecule has 114 heavy (non-hydrogen) atoms. The molecule has 1 unspecified atom stereocenters. The van der Waals surface area contributed by atoms with E-state index in [0.29, 0.717) is 61.0 Å². The summed E-state index contributed by atoms with van der Waals surface area (Å²) < 4.78 is 17.6. The number of anilines is 1. The number of thiocarbonyl (C=S) groups is 1. The first-order chi connectivity index (χ1) is 54.3. The molecular formula is C75H91N13O25S. The summed E-state index contributed by atoms with van der Waals surface area (Å²) in [6, 6.07) is 3.55. The summed E-state index contributed by atoms with van der Waals surface area (Å²) in [5.41, 5.74) is 5.98. The molecule has 38 nitrogen and oxygen atoms in total. The number of carboxylic acid groups (broad SMARTS) is 3. The summed E-state index contributed by atoms with van der Waals surface area (Å²) in [5, 5.41) is 92.4. The van der Waals surface area contributed by atoms with Gasteiger partial charge >= 0.3 is 23.9 Å². The number of primary amides is 1. The van der Waals surface area contributed by atoms with Gasteiger partial charge in [0.25, 0.3) is 0 Å². The van der Waals surface area contributed by atoms with Gasteiger partial charge in [-0.3, -0.25) is 62.3 Å². The van der Waals surface area contributed by atoms with Gasteiger partial charge in [-0.25, -0.2) is 4.79 Å². The molecule has 7 heterocycles. The second-order valence-electron chi connectivity index (χ2n) is 28.6. The van der Waals surface area contributed by atoms with Gasteiger partial charge in [-0.15, -0.1) is 0 Å². The first kappa shape index (κ1) is 84.4. The number of hydrogen-bond acceptors (Lipinski definition) is 24. The second kappa shape index (κ2) is 37.6. The zero-order chi connectivity index (χ0) is 82.4. The maximum atomic E-state index is 15.0. The number of esters is 1. The van der Waals surface area contributed by atoms with Crippen molar-refractivity contribution in [2.75, 3.05) is 38.0 Å². The molecule has 4 saturated heterocycles. The highest BCUT2D eigenvalue weighted by Gasteiger charge is 2.55. The minimum Gasteiger partial charge on any atom is -0.508 e. The van der Waals surface area contributed by atoms with Crippen molar-refractivity contribution >= 4 is 112 Å². The molecule has 6 aliphatic heterocycles. The van der Waals surface area contributed by atoms with E-state index < -0.39 is 194 Å². The largest absolute Gasteiger partial charge is 0.508 e. The number of nitrogens with zero attached hydrogens (tertiary/aromatic N) is 5. The lowest BCUT2D eigenvalue weighted by Crippen LogP contribution is -2.62. The summed E-state index contributed by atoms with van der Waals surface area (Å²) in [6.07, 6.45) is -2.65. The van der Waals surface area contributed by atoms with E-state index in [0.717, 1.165) is 16.0 Å². The maximum absolute atomic E-state index is 15.0. The Kier molecular flexibility index (Phi) is 27.8. The van der Waals surface area contributed by atoms with Gasteiger partial charge in [0.05, 0.1) is 18.2 Å². The predicted octanol–water partition coefficient (Wildman–Crippen LogP) is 0.496. The Bertz CT molecular complexity index is 4370. The van der Waals surface area contributed by atoms with E-state index in [1.54, 1.807) is 30.3 Å². The number of rotatable bonds is 34. The van der Waals surface area contributed by atoms with Crippen LogP contribution >= 0.6 is 12.2 Å². The molecule has 1 spiro atoms. The highest BCUT2D eigenvalue weighted by molar-refractivity contribution is 7.80. The zero-order valence-corrected chi connectivity index (χ0v) is 63.1. The number of carbonyl (C=O) groups excluding carboxylic acids is 11. The zero-order valence-electron chi connectivity index (χ0n) is 62.2. The van der Waals surface area contributed by atoms with E-state index in [2.05, 4.69) is 42.4 Å². The first-order valence-corrected chi connectivity index (χ1v) is 37.8. The number of aromatic hydroxyl groups is 2. The van der Waals surface area contributed by atoms with E-state index in [-0.39, 0.29) is 116 Å². The Balaban J connectivity index is 0.732. The van der Waals surface area contributed by atoms with Crippen LogP contribution in [0.1, 0.15) is 162 Å². The average molecular weight is 1610 g/mol. The number of aliphatic hydroxyl groups excluding tert-OH is 2. The van der Waals surface area contributed by atoms with E-state index >= 15 is 0 Å². The van der Waals surface area contributed by atoms with Crippen LogP contribution in [0.25, 0.3) is 0 Å². The first-order valence-electron chi connectivity index (χ1n) is 37.4. The molecule has 4 fully saturated rings. The predicted molar refractivity (Wildman–Crippen MR) is 399 cm³/mol. The van der Waals surface area contributed by atoms with Crippen LogP contribution in [-0.2, 0) is 84.1 Å². The molecule has 0 bridgehead atoms. The Morgan fingerprint density at radius 1 is 0.640 bits per heavy atom. The van der Waals surface area contributed by atoms with Crippen LogP contribution in [0.4, 0.5) is 5.69 Å². The number of nitrogens with two attached hydrogens (primary N) is 1. The fraction of sp³-hybridized carbons (Fsp3) is 0.493. The molecule has 0 radical (unpaired) electrons. The van der Waals surface area contributed by atoms with Crippen LogP contribution in [0, 0.1) is 0 Å². The fourth-order valence-electron chi connectivity index (χ4n) is 15.0. The fourth-order valence-corrected chi connectivity index (χ4v) is 15.2. The lowest BCUT2D eigenvalue weighted by Gasteiger charge is -2.39. The van der Waals surface area contributed by atoms with Crippen LogP contribution < -0.4 is 47.7 Å². The highest BCUT2D eigenvalue weighted by atomic mass is 32.1. The minimum absolute atomic E-state index is 0.0173. The number of ether oxygens (including phenoxy) is 2. The number of phenols is 2. The van der Waals surface area contributed by atoms with Crippen molar-refractivity contribution in [3.63, 3.8) is 0 Å². The van der Waals surface area contributed by atoms with Crippen LogP contribution in [0.15, 0.2) is 76.3 Å². The Morgan fingerprint density at radius 2 is 1.23 bits per heavy atom. The maximum Gasteiger partial charge on any atom is 0.340 e. The third kappa shape index (κ3) is 20.1. The molecule has 3 aromatic carbocycles. The lowest BCUT2D eigenvalue weighted by molar-refractivity contribution is -0.151. The molecule has 39 heteroatoms. The average Bonchev–Trinajstić information content (AvgIpc) is 1.47. The number of carboxylic acids is 3. The molecule has 6 aliphatic rings. The molecule has 0 aliphatic carbocycles. The summed E-state index contributed by atoms with van der Waals surface area (Å²) >= 11 is 5.63. The molecule has 10 amide bonds. The summed E-state index contributed by atoms with van der Waals surface area (Å²) in [4.78, 5) is 200. The summed E-state index contributed by atoms with van der Waals surface area (Å²) in [7, 11) is 0. The number of hydrogen-bond donors (Lipinski definition) is 15. The topological polar surface area (TPSA) is 557 Å². The van der Waals surface area contributed by atoms with Crippen molar-refractivity contribution in [2.45, 2.75) is 202 Å². The van der Waals surface area contributed by atoms with Crippen molar-refractivity contribution in [1.82, 2.24) is 51.5 Å². The Hall–Kier alpha value is -12.0. The van der Waals surface area contributed by atoms with E-state index in [1.807, 2.05) is 0 Å². The molecule has 4 aromatic rings. The van der Waals surface area contributed by atoms with Gasteiger partial charge in [-0.1, -0.05) is 5.16 Å². The minimum atomic E-state index is -1.78. The summed E-state index contributed by atoms with van der Waals surface area (Å²) in [5.74, 6) is -12.8. The van der Waals surface area contributed by atoms with E-state index in [4.69, 9.17) is 36.7 Å². The van der Waals surface area contributed by atoms with Crippen LogP contribution in [0.2, 0.25) is 0 Å². The lowest BCUT2D eigenvalue weighted by atomic mass is 9.77. The molecule has 0 saturated carbocycles. The molecule has 16 N–H and O–H groups in total. The monoisotopic (exact) mass is 1610 g/mol. The molecule has 1 aromatic heterocycles. The summed E-state index contributed by atoms with van der Waals surface area (Å²) in [6.45, 7) is 2.10. The van der Waals surface area contributed by atoms with Crippen molar-refractivity contribution in [1.29, 1.82) is 0 Å². The number of aliphatic carboxylic acids is 3. The number of nitrogens with one attached hydrogen (secondary N) is 7. The number of amides is 10. The molecular weight excluding hydrogens is 1510 g/mol. The molecule has 11 atom stereocenters. The number of unbranched alkanes of at least 4 members (excludes halogenated alkanes) is 1. The smallest absolute Gasteiger partial charge is 0.340 e. The Morgan fingerprint density at radius 3 is 1.86 bits per heavy atom. The molecule has 10 rings (SSSR count). The number of carbonyl (C=O) groups is 14. The van der Waals surface area contributed by atoms with Gasteiger partial charge in [-0.2, -0.15) is 0 Å². The third-order valence-electron chi connectivity index (χ3n) is 20.6. The number of furan rings is 1. The number of oxime groups is 1.